The molecule has 1 fully saturated rings. The van der Waals surface area contributed by atoms with Crippen molar-refractivity contribution in [1.29, 1.82) is 0 Å². The van der Waals surface area contributed by atoms with E-state index in [0.29, 0.717) is 18.4 Å². The summed E-state index contributed by atoms with van der Waals surface area (Å²) >= 11 is 0. The molecule has 0 amide bonds. The van der Waals surface area contributed by atoms with E-state index in [4.69, 9.17) is 4.98 Å². The van der Waals surface area contributed by atoms with Crippen molar-refractivity contribution in [2.24, 2.45) is 10.9 Å². The highest BCUT2D eigenvalue weighted by Crippen LogP contribution is 2.35. The van der Waals surface area contributed by atoms with Crippen molar-refractivity contribution in [2.75, 3.05) is 19.6 Å². The SMILES string of the molecule is O=C(C=Nc1c2ccccc2nc2ccccc12)CN1C[C@H]2C[C@@H](C1)c1cccc(=O)n1C2. The van der Waals surface area contributed by atoms with Gasteiger partial charge in [0.15, 0.2) is 5.78 Å². The molecule has 2 bridgehead atoms. The molecule has 2 aromatic carbocycles. The second kappa shape index (κ2) is 8.05. The number of carbonyl (C=O) groups excluding carboxylic acids is 1. The summed E-state index contributed by atoms with van der Waals surface area (Å²) < 4.78 is 1.92. The van der Waals surface area contributed by atoms with E-state index in [1.807, 2.05) is 59.2 Å². The molecule has 2 atom stereocenters. The lowest BCUT2D eigenvalue weighted by Crippen LogP contribution is -2.48. The van der Waals surface area contributed by atoms with E-state index in [1.54, 1.807) is 6.07 Å². The summed E-state index contributed by atoms with van der Waals surface area (Å²) in [5, 5.41) is 1.88. The Labute approximate surface area is 191 Å². The van der Waals surface area contributed by atoms with Gasteiger partial charge in [0, 0.05) is 48.1 Å². The lowest BCUT2D eigenvalue weighted by Gasteiger charge is -2.42. The number of aromatic nitrogens is 2. The number of Topliss-reactive ketones (excluding diaryl/α,β-unsaturated/α-hetero) is 1. The Bertz CT molecular complexity index is 1420. The van der Waals surface area contributed by atoms with Crippen LogP contribution in [0.15, 0.2) is 76.5 Å². The minimum absolute atomic E-state index is 0.00889. The van der Waals surface area contributed by atoms with Crippen molar-refractivity contribution < 1.29 is 4.79 Å². The molecular weight excluding hydrogens is 412 g/mol. The van der Waals surface area contributed by atoms with Gasteiger partial charge in [-0.3, -0.25) is 19.5 Å². The molecule has 4 aromatic rings. The number of para-hydroxylation sites is 2. The van der Waals surface area contributed by atoms with Crippen LogP contribution in [-0.4, -0.2) is 46.1 Å². The number of carbonyl (C=O) groups is 1. The first-order valence-corrected chi connectivity index (χ1v) is 11.4. The number of nitrogens with zero attached hydrogens (tertiary/aromatic N) is 4. The topological polar surface area (TPSA) is 67.6 Å². The molecule has 2 aromatic heterocycles. The number of fused-ring (bicyclic) bond motifs is 6. The number of pyridine rings is 2. The molecule has 0 saturated carbocycles. The minimum atomic E-state index is -0.00889. The Morgan fingerprint density at radius 1 is 0.939 bits per heavy atom. The standard InChI is InChI=1S/C27H24N4O2/c32-20(17-30-14-18-12-19(16-30)25-10-5-11-26(33)31(25)15-18)13-28-27-21-6-1-3-8-23(21)29-24-9-4-2-7-22(24)27/h1-11,13,18-19H,12,14-17H2/t18-,19+/m1/s1. The Balaban J connectivity index is 1.25. The summed E-state index contributed by atoms with van der Waals surface area (Å²) in [7, 11) is 0. The Hall–Kier alpha value is -3.64. The van der Waals surface area contributed by atoms with Gasteiger partial charge in [-0.15, -0.1) is 0 Å². The fraction of sp³-hybridized carbons (Fsp3) is 0.259. The Kier molecular flexibility index (Phi) is 4.88. The first kappa shape index (κ1) is 20.0. The molecule has 2 aliphatic rings. The third kappa shape index (κ3) is 3.66. The zero-order chi connectivity index (χ0) is 22.4. The van der Waals surface area contributed by atoms with Crippen molar-refractivity contribution in [3.63, 3.8) is 0 Å². The lowest BCUT2D eigenvalue weighted by atomic mass is 9.83. The van der Waals surface area contributed by atoms with Gasteiger partial charge in [0.1, 0.15) is 0 Å². The Morgan fingerprint density at radius 3 is 2.42 bits per heavy atom. The van der Waals surface area contributed by atoms with Crippen LogP contribution in [0.25, 0.3) is 21.8 Å². The van der Waals surface area contributed by atoms with E-state index in [1.165, 1.54) is 6.21 Å². The lowest BCUT2D eigenvalue weighted by molar-refractivity contribution is -0.114. The average Bonchev–Trinajstić information content (AvgIpc) is 2.82. The van der Waals surface area contributed by atoms with Crippen molar-refractivity contribution in [2.45, 2.75) is 18.9 Å². The molecule has 1 saturated heterocycles. The van der Waals surface area contributed by atoms with E-state index in [2.05, 4.69) is 16.0 Å². The van der Waals surface area contributed by atoms with E-state index >= 15 is 0 Å². The van der Waals surface area contributed by atoms with Crippen LogP contribution < -0.4 is 5.56 Å². The zero-order valence-electron chi connectivity index (χ0n) is 18.2. The molecule has 0 N–H and O–H groups in total. The summed E-state index contributed by atoms with van der Waals surface area (Å²) in [6.45, 7) is 2.70. The largest absolute Gasteiger partial charge is 0.312 e. The maximum atomic E-state index is 12.9. The molecule has 33 heavy (non-hydrogen) atoms. The predicted octanol–water partition coefficient (Wildman–Crippen LogP) is 3.94. The molecule has 2 aliphatic heterocycles. The fourth-order valence-corrected chi connectivity index (χ4v) is 5.48. The van der Waals surface area contributed by atoms with Crippen LogP contribution in [0.3, 0.4) is 0 Å². The van der Waals surface area contributed by atoms with E-state index in [-0.39, 0.29) is 11.3 Å². The fourth-order valence-electron chi connectivity index (χ4n) is 5.48. The third-order valence-electron chi connectivity index (χ3n) is 6.83. The van der Waals surface area contributed by atoms with Crippen LogP contribution in [0, 0.1) is 5.92 Å². The Morgan fingerprint density at radius 2 is 1.67 bits per heavy atom. The summed E-state index contributed by atoms with van der Waals surface area (Å²) in [6.07, 6.45) is 2.55. The van der Waals surface area contributed by atoms with Crippen molar-refractivity contribution in [3.8, 4) is 0 Å². The van der Waals surface area contributed by atoms with Crippen LogP contribution in [0.2, 0.25) is 0 Å². The van der Waals surface area contributed by atoms with Gasteiger partial charge in [-0.1, -0.05) is 42.5 Å². The molecule has 0 aliphatic carbocycles. The van der Waals surface area contributed by atoms with Gasteiger partial charge in [-0.2, -0.15) is 0 Å². The maximum Gasteiger partial charge on any atom is 0.250 e. The van der Waals surface area contributed by atoms with Gasteiger partial charge < -0.3 is 4.57 Å². The number of ketones is 1. The zero-order valence-corrected chi connectivity index (χ0v) is 18.2. The van der Waals surface area contributed by atoms with Gasteiger partial charge in [0.2, 0.25) is 0 Å². The molecule has 0 radical (unpaired) electrons. The summed E-state index contributed by atoms with van der Waals surface area (Å²) in [5.74, 6) is 0.684. The van der Waals surface area contributed by atoms with Gasteiger partial charge in [0.25, 0.3) is 5.56 Å². The molecule has 164 valence electrons. The first-order chi connectivity index (χ1) is 16.2. The van der Waals surface area contributed by atoms with Crippen molar-refractivity contribution >= 4 is 39.5 Å². The third-order valence-corrected chi connectivity index (χ3v) is 6.83. The number of aliphatic imine (C=N–C) groups is 1. The van der Waals surface area contributed by atoms with Crippen LogP contribution >= 0.6 is 0 Å². The van der Waals surface area contributed by atoms with E-state index in [9.17, 15) is 9.59 Å². The van der Waals surface area contributed by atoms with Crippen LogP contribution in [0.1, 0.15) is 18.0 Å². The predicted molar refractivity (Wildman–Crippen MR) is 130 cm³/mol. The number of hydrogen-bond acceptors (Lipinski definition) is 5. The van der Waals surface area contributed by atoms with Crippen molar-refractivity contribution in [1.82, 2.24) is 14.5 Å². The quantitative estimate of drug-likeness (QED) is 0.359. The number of hydrogen-bond donors (Lipinski definition) is 0. The average molecular weight is 437 g/mol. The summed E-state index contributed by atoms with van der Waals surface area (Å²) in [4.78, 5) is 36.8. The number of benzene rings is 2. The second-order valence-corrected chi connectivity index (χ2v) is 9.11. The molecule has 0 unspecified atom stereocenters. The summed E-state index contributed by atoms with van der Waals surface area (Å²) in [5.41, 5.74) is 3.70. The molecule has 6 rings (SSSR count). The molecule has 6 nitrogen and oxygen atoms in total. The first-order valence-electron chi connectivity index (χ1n) is 11.4. The minimum Gasteiger partial charge on any atom is -0.312 e. The van der Waals surface area contributed by atoms with Crippen LogP contribution in [-0.2, 0) is 11.3 Å². The highest BCUT2D eigenvalue weighted by molar-refractivity contribution is 6.29. The monoisotopic (exact) mass is 436 g/mol. The smallest absolute Gasteiger partial charge is 0.250 e. The normalized spacial score (nSPS) is 20.4. The molecule has 4 heterocycles. The maximum absolute atomic E-state index is 12.9. The number of likely N-dealkylation sites (tertiary alicyclic amines) is 1. The van der Waals surface area contributed by atoms with Gasteiger partial charge in [0.05, 0.1) is 29.5 Å². The molecular formula is C27H24N4O2. The summed E-state index contributed by atoms with van der Waals surface area (Å²) in [6, 6.07) is 21.3. The highest BCUT2D eigenvalue weighted by Gasteiger charge is 2.34. The van der Waals surface area contributed by atoms with E-state index in [0.717, 1.165) is 59.2 Å². The van der Waals surface area contributed by atoms with E-state index < -0.39 is 0 Å². The highest BCUT2D eigenvalue weighted by atomic mass is 16.1. The molecule has 0 spiro atoms. The van der Waals surface area contributed by atoms with Gasteiger partial charge >= 0.3 is 0 Å². The van der Waals surface area contributed by atoms with Gasteiger partial charge in [-0.25, -0.2) is 4.98 Å². The van der Waals surface area contributed by atoms with Crippen LogP contribution in [0.5, 0.6) is 0 Å². The van der Waals surface area contributed by atoms with Crippen molar-refractivity contribution in [3.05, 3.63) is 82.8 Å². The molecule has 6 heteroatoms. The number of rotatable bonds is 4. The van der Waals surface area contributed by atoms with Crippen LogP contribution in [0.4, 0.5) is 5.69 Å². The second-order valence-electron chi connectivity index (χ2n) is 9.11. The van der Waals surface area contributed by atoms with Gasteiger partial charge in [-0.05, 0) is 30.5 Å². The number of piperidine rings is 1.